The van der Waals surface area contributed by atoms with Gasteiger partial charge in [0.25, 0.3) is 3.79 Å². The standard InChI is InChI=1S/C32H30Cl3NO8/c1-18-26(39-16-20-9-4-3-5-10-20)27(28(42-19(2)37)29(41-18)44-30(36)32(33,34)35)43-31(38)40-17-22-12-8-14-24-23-13-7-6-11-21(23)15-25(22)24/h3-14,18,26-29,36H,15-17H2,1-2H3/t18-,26-,27+,28+,29-/m0/s1. The lowest BCUT2D eigenvalue weighted by atomic mass is 9.99. The SMILES string of the molecule is CC(=O)O[C@H]1[C@H](OC(=N)C(Cl)(Cl)Cl)O[C@@H](C)[C@H](OCc2ccccc2)[C@H]1OC(=O)OCc1cccc2c1Cc1ccccc1-2. The molecule has 5 atom stereocenters. The van der Waals surface area contributed by atoms with Crippen molar-refractivity contribution >= 4 is 52.8 Å². The molecule has 0 bridgehead atoms. The predicted octanol–water partition coefficient (Wildman–Crippen LogP) is 6.91. The zero-order chi connectivity index (χ0) is 31.4. The second-order valence-corrected chi connectivity index (χ2v) is 12.7. The average Bonchev–Trinajstić information content (AvgIpc) is 3.37. The van der Waals surface area contributed by atoms with Crippen molar-refractivity contribution in [2.75, 3.05) is 0 Å². The van der Waals surface area contributed by atoms with Crippen molar-refractivity contribution in [2.24, 2.45) is 0 Å². The average molecular weight is 663 g/mol. The summed E-state index contributed by atoms with van der Waals surface area (Å²) in [6, 6.07) is 23.3. The smallest absolute Gasteiger partial charge is 0.452 e. The Morgan fingerprint density at radius 3 is 2.30 bits per heavy atom. The number of esters is 1. The Balaban J connectivity index is 1.36. The van der Waals surface area contributed by atoms with Crippen LogP contribution in [0.5, 0.6) is 0 Å². The highest BCUT2D eigenvalue weighted by atomic mass is 35.6. The normalized spacial score (nSPS) is 22.3. The molecule has 5 rings (SSSR count). The third-order valence-electron chi connectivity index (χ3n) is 7.33. The Hall–Kier alpha value is -3.34. The largest absolute Gasteiger partial charge is 0.509 e. The van der Waals surface area contributed by atoms with E-state index in [9.17, 15) is 9.59 Å². The lowest BCUT2D eigenvalue weighted by Gasteiger charge is -2.43. The van der Waals surface area contributed by atoms with Crippen molar-refractivity contribution in [3.8, 4) is 11.1 Å². The van der Waals surface area contributed by atoms with E-state index in [1.54, 1.807) is 6.92 Å². The minimum atomic E-state index is -2.22. The fourth-order valence-electron chi connectivity index (χ4n) is 5.34. The van der Waals surface area contributed by atoms with Crippen LogP contribution in [0.1, 0.15) is 36.1 Å². The summed E-state index contributed by atoms with van der Waals surface area (Å²) in [4.78, 5) is 25.4. The maximum Gasteiger partial charge on any atom is 0.509 e. The molecular formula is C32H30Cl3NO8. The maximum absolute atomic E-state index is 13.2. The number of fused-ring (bicyclic) bond motifs is 3. The molecule has 3 aromatic rings. The number of hydrogen-bond donors (Lipinski definition) is 1. The number of hydrogen-bond acceptors (Lipinski definition) is 9. The zero-order valence-corrected chi connectivity index (χ0v) is 26.1. The van der Waals surface area contributed by atoms with Crippen molar-refractivity contribution in [3.63, 3.8) is 0 Å². The summed E-state index contributed by atoms with van der Waals surface area (Å²) in [5.41, 5.74) is 6.19. The van der Waals surface area contributed by atoms with Gasteiger partial charge in [-0.15, -0.1) is 0 Å². The number of rotatable bonds is 8. The molecule has 12 heteroatoms. The summed E-state index contributed by atoms with van der Waals surface area (Å²) in [7, 11) is 0. The Kier molecular flexibility index (Phi) is 10.0. The number of carbonyl (C=O) groups excluding carboxylic acids is 2. The van der Waals surface area contributed by atoms with Gasteiger partial charge in [0.15, 0.2) is 6.10 Å². The van der Waals surface area contributed by atoms with E-state index in [-0.39, 0.29) is 13.2 Å². The molecule has 1 saturated heterocycles. The van der Waals surface area contributed by atoms with Crippen LogP contribution < -0.4 is 0 Å². The lowest BCUT2D eigenvalue weighted by Crippen LogP contribution is -2.61. The Labute approximate surface area is 269 Å². The molecule has 1 aliphatic heterocycles. The fourth-order valence-corrected chi connectivity index (χ4v) is 5.47. The maximum atomic E-state index is 13.2. The summed E-state index contributed by atoms with van der Waals surface area (Å²) >= 11 is 17.5. The third kappa shape index (κ3) is 7.47. The zero-order valence-electron chi connectivity index (χ0n) is 23.8. The van der Waals surface area contributed by atoms with Gasteiger partial charge in [-0.3, -0.25) is 10.2 Å². The molecule has 3 aromatic carbocycles. The summed E-state index contributed by atoms with van der Waals surface area (Å²) < 4.78 is 32.2. The molecule has 0 spiro atoms. The molecule has 0 aromatic heterocycles. The summed E-state index contributed by atoms with van der Waals surface area (Å²) in [5.74, 6) is -1.51. The first kappa shape index (κ1) is 32.1. The van der Waals surface area contributed by atoms with Crippen LogP contribution in [0.2, 0.25) is 0 Å². The van der Waals surface area contributed by atoms with Crippen LogP contribution in [0.25, 0.3) is 11.1 Å². The minimum absolute atomic E-state index is 0.0552. The molecule has 1 heterocycles. The van der Waals surface area contributed by atoms with E-state index in [0.717, 1.165) is 34.2 Å². The fraction of sp³-hybridized carbons (Fsp3) is 0.344. The highest BCUT2D eigenvalue weighted by Gasteiger charge is 2.52. The van der Waals surface area contributed by atoms with Crippen LogP contribution in [0.15, 0.2) is 72.8 Å². The van der Waals surface area contributed by atoms with Gasteiger partial charge in [-0.05, 0) is 46.7 Å². The number of halogens is 3. The van der Waals surface area contributed by atoms with Gasteiger partial charge in [-0.2, -0.15) is 0 Å². The van der Waals surface area contributed by atoms with E-state index in [1.165, 1.54) is 12.5 Å². The Morgan fingerprint density at radius 1 is 0.864 bits per heavy atom. The molecule has 0 amide bonds. The van der Waals surface area contributed by atoms with Crippen LogP contribution >= 0.6 is 34.8 Å². The molecule has 2 aliphatic rings. The van der Waals surface area contributed by atoms with Gasteiger partial charge in [-0.25, -0.2) is 4.79 Å². The molecular weight excluding hydrogens is 633 g/mol. The van der Waals surface area contributed by atoms with Crippen molar-refractivity contribution in [2.45, 2.75) is 68.0 Å². The quantitative estimate of drug-likeness (QED) is 0.0938. The van der Waals surface area contributed by atoms with Crippen LogP contribution in [0.3, 0.4) is 0 Å². The predicted molar refractivity (Wildman–Crippen MR) is 164 cm³/mol. The number of alkyl halides is 3. The number of nitrogens with one attached hydrogen (secondary N) is 1. The molecule has 1 aliphatic carbocycles. The Bertz CT molecular complexity index is 1510. The highest BCUT2D eigenvalue weighted by molar-refractivity contribution is 6.76. The summed E-state index contributed by atoms with van der Waals surface area (Å²) in [6.07, 6.45) is -6.19. The third-order valence-corrected chi connectivity index (χ3v) is 7.85. The van der Waals surface area contributed by atoms with Gasteiger partial charge >= 0.3 is 12.1 Å². The topological polar surface area (TPSA) is 113 Å². The van der Waals surface area contributed by atoms with E-state index in [0.29, 0.717) is 0 Å². The van der Waals surface area contributed by atoms with Crippen LogP contribution in [0, 0.1) is 5.41 Å². The lowest BCUT2D eigenvalue weighted by molar-refractivity contribution is -0.287. The van der Waals surface area contributed by atoms with Crippen molar-refractivity contribution in [1.29, 1.82) is 5.41 Å². The van der Waals surface area contributed by atoms with Gasteiger partial charge in [0.2, 0.25) is 18.3 Å². The van der Waals surface area contributed by atoms with Crippen molar-refractivity contribution in [3.05, 3.63) is 95.1 Å². The first-order chi connectivity index (χ1) is 21.0. The first-order valence-corrected chi connectivity index (χ1v) is 15.0. The highest BCUT2D eigenvalue weighted by Crippen LogP contribution is 2.38. The van der Waals surface area contributed by atoms with E-state index in [1.807, 2.05) is 60.7 Å². The Morgan fingerprint density at radius 2 is 1.57 bits per heavy atom. The molecule has 44 heavy (non-hydrogen) atoms. The van der Waals surface area contributed by atoms with E-state index >= 15 is 0 Å². The van der Waals surface area contributed by atoms with Gasteiger partial charge < -0.3 is 28.4 Å². The van der Waals surface area contributed by atoms with Crippen molar-refractivity contribution in [1.82, 2.24) is 0 Å². The van der Waals surface area contributed by atoms with Gasteiger partial charge in [0.1, 0.15) is 12.7 Å². The van der Waals surface area contributed by atoms with Gasteiger partial charge in [0, 0.05) is 6.92 Å². The number of ether oxygens (including phenoxy) is 6. The number of benzene rings is 3. The molecule has 9 nitrogen and oxygen atoms in total. The number of carbonyl (C=O) groups is 2. The van der Waals surface area contributed by atoms with E-state index < -0.39 is 52.5 Å². The van der Waals surface area contributed by atoms with Gasteiger partial charge in [0.05, 0.1) is 12.7 Å². The minimum Gasteiger partial charge on any atom is -0.452 e. The molecule has 0 unspecified atom stereocenters. The molecule has 232 valence electrons. The second-order valence-electron chi connectivity index (χ2n) is 10.4. The first-order valence-electron chi connectivity index (χ1n) is 13.8. The summed E-state index contributed by atoms with van der Waals surface area (Å²) in [5, 5.41) is 8.03. The van der Waals surface area contributed by atoms with Crippen LogP contribution in [-0.2, 0) is 52.9 Å². The molecule has 0 radical (unpaired) electrons. The monoisotopic (exact) mass is 661 g/mol. The van der Waals surface area contributed by atoms with Gasteiger partial charge in [-0.1, -0.05) is 108 Å². The van der Waals surface area contributed by atoms with Crippen LogP contribution in [0.4, 0.5) is 4.79 Å². The molecule has 1 fully saturated rings. The summed E-state index contributed by atoms with van der Waals surface area (Å²) in [6.45, 7) is 2.90. The van der Waals surface area contributed by atoms with E-state index in [2.05, 4.69) is 12.1 Å². The molecule has 1 N–H and O–H groups in total. The van der Waals surface area contributed by atoms with E-state index in [4.69, 9.17) is 68.6 Å². The van der Waals surface area contributed by atoms with Crippen LogP contribution in [-0.4, -0.2) is 52.5 Å². The second kappa shape index (κ2) is 13.7. The molecule has 0 saturated carbocycles. The van der Waals surface area contributed by atoms with Crippen molar-refractivity contribution < 1.29 is 38.0 Å².